The first-order chi connectivity index (χ1) is 9.08. The average Bonchev–Trinajstić information content (AvgIpc) is 2.60. The maximum absolute atomic E-state index is 5.95. The molecular formula is C18H27BrO. The highest BCUT2D eigenvalue weighted by atomic mass is 79.9. The van der Waals surface area contributed by atoms with Gasteiger partial charge >= 0.3 is 0 Å². The van der Waals surface area contributed by atoms with Gasteiger partial charge in [0, 0.05) is 11.2 Å². The highest BCUT2D eigenvalue weighted by Gasteiger charge is 2.31. The molecule has 0 N–H and O–H groups in total. The number of ether oxygens (including phenoxy) is 1. The monoisotopic (exact) mass is 338 g/mol. The van der Waals surface area contributed by atoms with E-state index in [0.29, 0.717) is 16.2 Å². The van der Waals surface area contributed by atoms with Gasteiger partial charge in [-0.3, -0.25) is 0 Å². The number of alkyl halides is 1. The van der Waals surface area contributed by atoms with Crippen molar-refractivity contribution in [3.05, 3.63) is 29.3 Å². The second-order valence-corrected chi connectivity index (χ2v) is 8.98. The number of benzene rings is 1. The van der Waals surface area contributed by atoms with Crippen molar-refractivity contribution in [2.75, 3.05) is 0 Å². The largest absolute Gasteiger partial charge is 0.487 e. The Kier molecular flexibility index (Phi) is 4.26. The lowest BCUT2D eigenvalue weighted by atomic mass is 9.79. The van der Waals surface area contributed by atoms with Gasteiger partial charge in [-0.05, 0) is 48.8 Å². The van der Waals surface area contributed by atoms with Crippen molar-refractivity contribution in [2.24, 2.45) is 11.3 Å². The Labute approximate surface area is 132 Å². The summed E-state index contributed by atoms with van der Waals surface area (Å²) in [5.41, 5.74) is 3.02. The molecule has 2 atom stereocenters. The fourth-order valence-corrected chi connectivity index (χ4v) is 3.47. The number of hydrogen-bond donors (Lipinski definition) is 0. The van der Waals surface area contributed by atoms with Crippen LogP contribution in [0.2, 0.25) is 0 Å². The zero-order chi connectivity index (χ0) is 15.1. The summed E-state index contributed by atoms with van der Waals surface area (Å²) in [5.74, 6) is 1.73. The van der Waals surface area contributed by atoms with Crippen LogP contribution in [0.4, 0.5) is 0 Å². The maximum Gasteiger partial charge on any atom is 0.123 e. The normalized spacial score (nSPS) is 20.1. The number of halogens is 1. The third kappa shape index (κ3) is 3.58. The molecule has 1 aliphatic rings. The van der Waals surface area contributed by atoms with Gasteiger partial charge in [0.1, 0.15) is 11.4 Å². The summed E-state index contributed by atoms with van der Waals surface area (Å²) in [6.45, 7) is 13.6. The van der Waals surface area contributed by atoms with E-state index >= 15 is 0 Å². The second kappa shape index (κ2) is 5.36. The summed E-state index contributed by atoms with van der Waals surface area (Å²) < 4.78 is 5.95. The van der Waals surface area contributed by atoms with E-state index in [4.69, 9.17) is 4.74 Å². The second-order valence-electron chi connectivity index (χ2n) is 7.88. The predicted molar refractivity (Wildman–Crippen MR) is 89.8 cm³/mol. The average molecular weight is 339 g/mol. The van der Waals surface area contributed by atoms with E-state index in [1.54, 1.807) is 0 Å². The molecule has 1 aliphatic heterocycles. The van der Waals surface area contributed by atoms with Crippen LogP contribution >= 0.6 is 15.9 Å². The fourth-order valence-electron chi connectivity index (χ4n) is 2.62. The smallest absolute Gasteiger partial charge is 0.123 e. The first-order valence-corrected chi connectivity index (χ1v) is 8.46. The van der Waals surface area contributed by atoms with E-state index in [0.717, 1.165) is 18.6 Å². The van der Waals surface area contributed by atoms with E-state index in [1.165, 1.54) is 11.1 Å². The minimum Gasteiger partial charge on any atom is -0.487 e. The Morgan fingerprint density at radius 1 is 1.30 bits per heavy atom. The molecule has 0 saturated heterocycles. The van der Waals surface area contributed by atoms with Crippen molar-refractivity contribution < 1.29 is 4.74 Å². The number of fused-ring (bicyclic) bond motifs is 1. The van der Waals surface area contributed by atoms with Crippen LogP contribution in [-0.2, 0) is 6.42 Å². The van der Waals surface area contributed by atoms with E-state index < -0.39 is 0 Å². The van der Waals surface area contributed by atoms with Gasteiger partial charge < -0.3 is 4.74 Å². The van der Waals surface area contributed by atoms with Gasteiger partial charge in [-0.2, -0.15) is 0 Å². The molecular weight excluding hydrogens is 312 g/mol. The molecule has 0 radical (unpaired) electrons. The molecule has 0 aromatic heterocycles. The lowest BCUT2D eigenvalue weighted by Crippen LogP contribution is -2.24. The molecule has 0 bridgehead atoms. The molecule has 20 heavy (non-hydrogen) atoms. The Balaban J connectivity index is 2.12. The van der Waals surface area contributed by atoms with Gasteiger partial charge in [0.15, 0.2) is 0 Å². The van der Waals surface area contributed by atoms with Crippen molar-refractivity contribution in [3.63, 3.8) is 0 Å². The van der Waals surface area contributed by atoms with Crippen molar-refractivity contribution in [1.82, 2.24) is 0 Å². The predicted octanol–water partition coefficient (Wildman–Crippen LogP) is 5.91. The molecule has 1 heterocycles. The first-order valence-electron chi connectivity index (χ1n) is 7.54. The van der Waals surface area contributed by atoms with Gasteiger partial charge in [0.05, 0.1) is 0 Å². The summed E-state index contributed by atoms with van der Waals surface area (Å²) in [7, 11) is 0. The van der Waals surface area contributed by atoms with Crippen LogP contribution in [0.3, 0.4) is 0 Å². The highest BCUT2D eigenvalue weighted by molar-refractivity contribution is 9.09. The summed E-state index contributed by atoms with van der Waals surface area (Å²) in [6, 6.07) is 6.66. The highest BCUT2D eigenvalue weighted by Crippen LogP contribution is 2.41. The summed E-state index contributed by atoms with van der Waals surface area (Å²) in [4.78, 5) is 0.422. The van der Waals surface area contributed by atoms with Crippen LogP contribution in [0.25, 0.3) is 0 Å². The third-order valence-corrected chi connectivity index (χ3v) is 5.39. The summed E-state index contributed by atoms with van der Waals surface area (Å²) in [5, 5.41) is 0. The summed E-state index contributed by atoms with van der Waals surface area (Å²) in [6.07, 6.45) is 2.16. The van der Waals surface area contributed by atoms with Crippen molar-refractivity contribution in [1.29, 1.82) is 0 Å². The zero-order valence-electron chi connectivity index (χ0n) is 13.6. The fraction of sp³-hybridized carbons (Fsp3) is 0.667. The molecule has 0 spiro atoms. The maximum atomic E-state index is 5.95. The van der Waals surface area contributed by atoms with Gasteiger partial charge in [0.25, 0.3) is 0 Å². The van der Waals surface area contributed by atoms with Gasteiger partial charge in [-0.15, -0.1) is 0 Å². The number of rotatable bonds is 3. The number of hydrogen-bond acceptors (Lipinski definition) is 1. The Bertz CT molecular complexity index is 485. The van der Waals surface area contributed by atoms with E-state index in [-0.39, 0.29) is 5.60 Å². The minimum absolute atomic E-state index is 0.0541. The molecule has 112 valence electrons. The minimum atomic E-state index is -0.0541. The van der Waals surface area contributed by atoms with E-state index in [9.17, 15) is 0 Å². The van der Waals surface area contributed by atoms with Crippen LogP contribution in [0.1, 0.15) is 63.9 Å². The van der Waals surface area contributed by atoms with Crippen LogP contribution in [-0.4, -0.2) is 5.60 Å². The summed E-state index contributed by atoms with van der Waals surface area (Å²) >= 11 is 3.88. The molecule has 0 fully saturated rings. The van der Waals surface area contributed by atoms with Crippen LogP contribution in [0, 0.1) is 11.3 Å². The van der Waals surface area contributed by atoms with Crippen molar-refractivity contribution >= 4 is 15.9 Å². The molecule has 2 heteroatoms. The first kappa shape index (κ1) is 15.9. The molecule has 0 amide bonds. The van der Waals surface area contributed by atoms with Crippen LogP contribution in [0.5, 0.6) is 5.75 Å². The zero-order valence-corrected chi connectivity index (χ0v) is 15.2. The van der Waals surface area contributed by atoms with Crippen LogP contribution < -0.4 is 4.74 Å². The van der Waals surface area contributed by atoms with Crippen molar-refractivity contribution in [2.45, 2.75) is 64.8 Å². The van der Waals surface area contributed by atoms with Gasteiger partial charge in [-0.1, -0.05) is 55.8 Å². The Morgan fingerprint density at radius 3 is 2.55 bits per heavy atom. The van der Waals surface area contributed by atoms with Crippen molar-refractivity contribution in [3.8, 4) is 5.75 Å². The van der Waals surface area contributed by atoms with Gasteiger partial charge in [0.2, 0.25) is 0 Å². The molecule has 0 aliphatic carbocycles. The standard InChI is InChI=1S/C18H27BrO/c1-12(17(2,3)4)9-15(19)13-7-8-16-14(10-13)11-18(5,6)20-16/h7-8,10,12,15H,9,11H2,1-6H3. The third-order valence-electron chi connectivity index (χ3n) is 4.49. The quantitative estimate of drug-likeness (QED) is 0.622. The SMILES string of the molecule is CC(CC(Br)c1ccc2c(c1)CC(C)(C)O2)C(C)(C)C. The Morgan fingerprint density at radius 2 is 1.95 bits per heavy atom. The molecule has 0 saturated carbocycles. The van der Waals surface area contributed by atoms with E-state index in [2.05, 4.69) is 75.7 Å². The molecule has 1 nitrogen and oxygen atoms in total. The lowest BCUT2D eigenvalue weighted by Gasteiger charge is -2.29. The molecule has 1 aromatic carbocycles. The molecule has 2 unspecified atom stereocenters. The van der Waals surface area contributed by atoms with Gasteiger partial charge in [-0.25, -0.2) is 0 Å². The van der Waals surface area contributed by atoms with E-state index in [1.807, 2.05) is 0 Å². The topological polar surface area (TPSA) is 9.23 Å². The molecule has 1 aromatic rings. The van der Waals surface area contributed by atoms with Crippen LogP contribution in [0.15, 0.2) is 18.2 Å². The molecule has 2 rings (SSSR count). The lowest BCUT2D eigenvalue weighted by molar-refractivity contribution is 0.138. The Hall–Kier alpha value is -0.500.